The van der Waals surface area contributed by atoms with E-state index in [1.54, 1.807) is 6.92 Å². The number of methoxy groups -OCH3 is 1. The predicted molar refractivity (Wildman–Crippen MR) is 172 cm³/mol. The summed E-state index contributed by atoms with van der Waals surface area (Å²) < 4.78 is 9.87. The number of carbonyl (C=O) groups is 3. The molecule has 1 aromatic rings. The minimum absolute atomic E-state index is 0.0348. The smallest absolute Gasteiger partial charge is 0.311 e. The molecule has 0 aliphatic carbocycles. The maximum Gasteiger partial charge on any atom is 0.311 e. The van der Waals surface area contributed by atoms with E-state index in [0.717, 1.165) is 25.7 Å². The quantitative estimate of drug-likeness (QED) is 0.220. The van der Waals surface area contributed by atoms with E-state index in [1.807, 2.05) is 41.5 Å². The van der Waals surface area contributed by atoms with E-state index in [9.17, 15) is 14.4 Å². The standard InChI is InChI=1S/C13H26O2.C10H14.C7H14O2.C5H10O2/c1-5-8-9-12(7-3)10-15-13(14)11(4)6-2;1-3-9(2)10-7-5-4-6-8-10;1-5-7(2,3)6(8)9-4;1-3-4(2)5(6)7/h11-12H,5-10H2,1-4H3;4-9H,3H2,1-2H3;5H2,1-4H3;4H,3H2,1-2H3,(H,6,7). The Morgan fingerprint density at radius 1 is 0.829 bits per heavy atom. The lowest BCUT2D eigenvalue weighted by Gasteiger charge is -2.17. The summed E-state index contributed by atoms with van der Waals surface area (Å²) in [6.07, 6.45) is 8.37. The monoisotopic (exact) mass is 580 g/mol. The van der Waals surface area contributed by atoms with E-state index >= 15 is 0 Å². The fraction of sp³-hybridized carbons (Fsp3) is 0.743. The van der Waals surface area contributed by atoms with Crippen molar-refractivity contribution >= 4 is 17.9 Å². The Balaban J connectivity index is -0.000000489. The summed E-state index contributed by atoms with van der Waals surface area (Å²) in [6.45, 7) is 22.7. The average Bonchev–Trinajstić information content (AvgIpc) is 3.00. The lowest BCUT2D eigenvalue weighted by molar-refractivity contribution is -0.151. The van der Waals surface area contributed by atoms with E-state index in [-0.39, 0.29) is 29.2 Å². The Morgan fingerprint density at radius 3 is 1.68 bits per heavy atom. The molecule has 6 heteroatoms. The fourth-order valence-corrected chi connectivity index (χ4v) is 3.02. The van der Waals surface area contributed by atoms with Crippen LogP contribution in [0.3, 0.4) is 0 Å². The topological polar surface area (TPSA) is 89.9 Å². The highest BCUT2D eigenvalue weighted by molar-refractivity contribution is 5.75. The average molecular weight is 581 g/mol. The summed E-state index contributed by atoms with van der Waals surface area (Å²) in [5.74, 6) is 0.257. The highest BCUT2D eigenvalue weighted by Gasteiger charge is 2.25. The van der Waals surface area contributed by atoms with Crippen LogP contribution in [0.2, 0.25) is 0 Å². The highest BCUT2D eigenvalue weighted by Crippen LogP contribution is 2.20. The minimum atomic E-state index is -0.706. The van der Waals surface area contributed by atoms with Crippen LogP contribution in [0.15, 0.2) is 30.3 Å². The number of carbonyl (C=O) groups excluding carboxylic acids is 2. The predicted octanol–water partition coefficient (Wildman–Crippen LogP) is 9.70. The first-order chi connectivity index (χ1) is 19.2. The van der Waals surface area contributed by atoms with Crippen LogP contribution in [-0.4, -0.2) is 36.7 Å². The number of carboxylic acid groups (broad SMARTS) is 1. The van der Waals surface area contributed by atoms with Gasteiger partial charge in [0.1, 0.15) is 0 Å². The molecule has 0 bridgehead atoms. The van der Waals surface area contributed by atoms with Crippen molar-refractivity contribution in [3.63, 3.8) is 0 Å². The van der Waals surface area contributed by atoms with Gasteiger partial charge in [0.2, 0.25) is 0 Å². The molecule has 0 radical (unpaired) electrons. The number of unbranched alkanes of at least 4 members (excludes halogenated alkanes) is 1. The number of aliphatic carboxylic acids is 1. The van der Waals surface area contributed by atoms with Crippen molar-refractivity contribution in [2.24, 2.45) is 23.2 Å². The molecule has 0 aliphatic heterocycles. The number of hydrogen-bond acceptors (Lipinski definition) is 5. The summed E-state index contributed by atoms with van der Waals surface area (Å²) in [5.41, 5.74) is 1.14. The Kier molecular flexibility index (Phi) is 27.9. The van der Waals surface area contributed by atoms with Gasteiger partial charge in [-0.3, -0.25) is 14.4 Å². The Morgan fingerprint density at radius 2 is 1.37 bits per heavy atom. The number of carboxylic acids is 1. The second-order valence-electron chi connectivity index (χ2n) is 11.5. The first kappa shape index (κ1) is 43.1. The maximum absolute atomic E-state index is 11.4. The number of esters is 2. The molecule has 0 saturated carbocycles. The molecule has 0 heterocycles. The summed E-state index contributed by atoms with van der Waals surface area (Å²) in [4.78, 5) is 32.2. The third-order valence-electron chi connectivity index (χ3n) is 7.66. The number of benzene rings is 1. The zero-order valence-electron chi connectivity index (χ0n) is 28.5. The third-order valence-corrected chi connectivity index (χ3v) is 7.66. The lowest BCUT2D eigenvalue weighted by atomic mass is 9.91. The van der Waals surface area contributed by atoms with Gasteiger partial charge in [-0.2, -0.15) is 0 Å². The second kappa shape index (κ2) is 26.5. The number of hydrogen-bond donors (Lipinski definition) is 1. The highest BCUT2D eigenvalue weighted by atomic mass is 16.5. The molecule has 0 aromatic heterocycles. The van der Waals surface area contributed by atoms with Crippen LogP contribution in [-0.2, 0) is 23.9 Å². The van der Waals surface area contributed by atoms with E-state index in [1.165, 1.54) is 38.4 Å². The molecule has 0 saturated heterocycles. The molecule has 1 aromatic carbocycles. The van der Waals surface area contributed by atoms with Gasteiger partial charge in [0.15, 0.2) is 0 Å². The molecule has 0 fully saturated rings. The Bertz CT molecular complexity index is 774. The van der Waals surface area contributed by atoms with Gasteiger partial charge in [-0.15, -0.1) is 0 Å². The van der Waals surface area contributed by atoms with Gasteiger partial charge in [0.05, 0.1) is 31.0 Å². The van der Waals surface area contributed by atoms with Crippen molar-refractivity contribution in [2.75, 3.05) is 13.7 Å². The summed E-state index contributed by atoms with van der Waals surface area (Å²) >= 11 is 0. The van der Waals surface area contributed by atoms with Crippen molar-refractivity contribution < 1.29 is 29.0 Å². The van der Waals surface area contributed by atoms with Crippen LogP contribution < -0.4 is 0 Å². The first-order valence-corrected chi connectivity index (χ1v) is 15.7. The molecule has 240 valence electrons. The molecule has 6 nitrogen and oxygen atoms in total. The third kappa shape index (κ3) is 22.9. The zero-order valence-corrected chi connectivity index (χ0v) is 28.5. The number of rotatable bonds is 14. The zero-order chi connectivity index (χ0) is 32.4. The minimum Gasteiger partial charge on any atom is -0.481 e. The summed E-state index contributed by atoms with van der Waals surface area (Å²) in [7, 11) is 1.42. The van der Waals surface area contributed by atoms with Crippen LogP contribution in [0.1, 0.15) is 139 Å². The SMILES string of the molecule is CCC(C)(C)C(=O)OC.CCC(C)C(=O)O.CCC(C)c1ccccc1.CCCCC(CC)COC(=O)C(C)CC. The van der Waals surface area contributed by atoms with Crippen LogP contribution >= 0.6 is 0 Å². The van der Waals surface area contributed by atoms with E-state index < -0.39 is 5.97 Å². The van der Waals surface area contributed by atoms with Crippen molar-refractivity contribution in [1.82, 2.24) is 0 Å². The lowest BCUT2D eigenvalue weighted by Crippen LogP contribution is -2.24. The van der Waals surface area contributed by atoms with Crippen LogP contribution in [0.5, 0.6) is 0 Å². The molecular weight excluding hydrogens is 516 g/mol. The van der Waals surface area contributed by atoms with E-state index in [2.05, 4.69) is 62.8 Å². The van der Waals surface area contributed by atoms with Gasteiger partial charge in [0, 0.05) is 0 Å². The Hall–Kier alpha value is -2.37. The molecule has 0 aliphatic rings. The summed E-state index contributed by atoms with van der Waals surface area (Å²) in [6, 6.07) is 10.6. The number of ether oxygens (including phenoxy) is 2. The van der Waals surface area contributed by atoms with Crippen molar-refractivity contribution in [3.05, 3.63) is 35.9 Å². The maximum atomic E-state index is 11.4. The van der Waals surface area contributed by atoms with Gasteiger partial charge in [0.25, 0.3) is 0 Å². The van der Waals surface area contributed by atoms with Crippen LogP contribution in [0.4, 0.5) is 0 Å². The normalized spacial score (nSPS) is 13.3. The van der Waals surface area contributed by atoms with E-state index in [0.29, 0.717) is 18.4 Å². The van der Waals surface area contributed by atoms with Gasteiger partial charge < -0.3 is 14.6 Å². The van der Waals surface area contributed by atoms with E-state index in [4.69, 9.17) is 9.84 Å². The van der Waals surface area contributed by atoms with Crippen molar-refractivity contribution in [1.29, 1.82) is 0 Å². The molecule has 1 rings (SSSR count). The van der Waals surface area contributed by atoms with Crippen LogP contribution in [0, 0.1) is 23.2 Å². The molecule has 41 heavy (non-hydrogen) atoms. The van der Waals surface area contributed by atoms with Gasteiger partial charge in [-0.05, 0) is 63.4 Å². The molecule has 0 amide bonds. The molecule has 1 N–H and O–H groups in total. The molecule has 4 atom stereocenters. The molecular formula is C35H64O6. The van der Waals surface area contributed by atoms with Crippen molar-refractivity contribution in [2.45, 2.75) is 133 Å². The van der Waals surface area contributed by atoms with Gasteiger partial charge in [-0.1, -0.05) is 112 Å². The van der Waals surface area contributed by atoms with Gasteiger partial charge in [-0.25, -0.2) is 0 Å². The largest absolute Gasteiger partial charge is 0.481 e. The Labute approximate surface area is 253 Å². The summed E-state index contributed by atoms with van der Waals surface area (Å²) in [5, 5.41) is 8.18. The van der Waals surface area contributed by atoms with Crippen molar-refractivity contribution in [3.8, 4) is 0 Å². The van der Waals surface area contributed by atoms with Gasteiger partial charge >= 0.3 is 17.9 Å². The second-order valence-corrected chi connectivity index (χ2v) is 11.5. The first-order valence-electron chi connectivity index (χ1n) is 15.7. The molecule has 4 unspecified atom stereocenters. The van der Waals surface area contributed by atoms with Crippen LogP contribution in [0.25, 0.3) is 0 Å². The molecule has 0 spiro atoms. The fourth-order valence-electron chi connectivity index (χ4n) is 3.02.